The van der Waals surface area contributed by atoms with Gasteiger partial charge in [0.2, 0.25) is 0 Å². The molecule has 0 spiro atoms. The van der Waals surface area contributed by atoms with Crippen molar-refractivity contribution in [1.29, 1.82) is 0 Å². The predicted molar refractivity (Wildman–Crippen MR) is 90.5 cm³/mol. The van der Waals surface area contributed by atoms with Crippen molar-refractivity contribution in [1.82, 2.24) is 5.32 Å². The number of benzene rings is 2. The van der Waals surface area contributed by atoms with Crippen molar-refractivity contribution in [2.45, 2.75) is 26.8 Å². The third-order valence-corrected chi connectivity index (χ3v) is 4.34. The van der Waals surface area contributed by atoms with Gasteiger partial charge in [-0.3, -0.25) is 0 Å². The van der Waals surface area contributed by atoms with Crippen molar-refractivity contribution in [2.75, 3.05) is 6.54 Å². The summed E-state index contributed by atoms with van der Waals surface area (Å²) < 4.78 is 14.4. The first kappa shape index (κ1) is 16.5. The molecule has 1 N–H and O–H groups in total. The average molecular weight is 371 g/mol. The Bertz CT molecular complexity index is 637. The Balaban J connectivity index is 2.55. The van der Waals surface area contributed by atoms with E-state index >= 15 is 0 Å². The fourth-order valence-electron chi connectivity index (χ4n) is 2.38. The summed E-state index contributed by atoms with van der Waals surface area (Å²) in [6.45, 7) is 6.88. The number of nitrogens with one attached hydrogen (secondary N) is 1. The molecule has 1 nitrogen and oxygen atoms in total. The molecule has 21 heavy (non-hydrogen) atoms. The molecule has 2 aromatic rings. The van der Waals surface area contributed by atoms with Crippen LogP contribution in [0.25, 0.3) is 0 Å². The topological polar surface area (TPSA) is 12.0 Å². The Morgan fingerprint density at radius 1 is 1.14 bits per heavy atom. The zero-order valence-electron chi connectivity index (χ0n) is 12.3. The molecule has 2 aromatic carbocycles. The van der Waals surface area contributed by atoms with Crippen molar-refractivity contribution in [3.63, 3.8) is 0 Å². The molecule has 0 heterocycles. The highest BCUT2D eigenvalue weighted by Crippen LogP contribution is 2.32. The lowest BCUT2D eigenvalue weighted by atomic mass is 9.95. The highest BCUT2D eigenvalue weighted by atomic mass is 79.9. The summed E-state index contributed by atoms with van der Waals surface area (Å²) in [5, 5.41) is 4.08. The van der Waals surface area contributed by atoms with E-state index in [0.717, 1.165) is 27.7 Å². The standard InChI is InChI=1S/C17H18BrClFN/c1-4-21-17(12-7-13(18)9-14(20)8-12)15-5-10(2)11(3)6-16(15)19/h5-9,17,21H,4H2,1-3H3. The second kappa shape index (κ2) is 6.91. The van der Waals surface area contributed by atoms with Gasteiger partial charge in [0.15, 0.2) is 0 Å². The van der Waals surface area contributed by atoms with Crippen LogP contribution in [-0.4, -0.2) is 6.54 Å². The molecule has 0 aromatic heterocycles. The maximum Gasteiger partial charge on any atom is 0.124 e. The predicted octanol–water partition coefficient (Wildman–Crippen LogP) is 5.56. The van der Waals surface area contributed by atoms with Gasteiger partial charge in [-0.1, -0.05) is 40.5 Å². The van der Waals surface area contributed by atoms with Gasteiger partial charge in [0.05, 0.1) is 6.04 Å². The van der Waals surface area contributed by atoms with Crippen LogP contribution in [0.4, 0.5) is 4.39 Å². The van der Waals surface area contributed by atoms with Crippen LogP contribution in [0.15, 0.2) is 34.8 Å². The van der Waals surface area contributed by atoms with Crippen LogP contribution in [0.2, 0.25) is 5.02 Å². The average Bonchev–Trinajstić information content (AvgIpc) is 2.39. The summed E-state index contributed by atoms with van der Waals surface area (Å²) in [4.78, 5) is 0. The maximum absolute atomic E-state index is 13.7. The van der Waals surface area contributed by atoms with Crippen LogP contribution in [-0.2, 0) is 0 Å². The van der Waals surface area contributed by atoms with Gasteiger partial charge < -0.3 is 5.32 Å². The molecule has 0 amide bonds. The van der Waals surface area contributed by atoms with E-state index in [1.54, 1.807) is 6.07 Å². The third-order valence-electron chi connectivity index (χ3n) is 3.55. The second-order valence-corrected chi connectivity index (χ2v) is 6.47. The van der Waals surface area contributed by atoms with E-state index in [2.05, 4.69) is 34.2 Å². The van der Waals surface area contributed by atoms with Crippen molar-refractivity contribution >= 4 is 27.5 Å². The molecule has 0 aliphatic heterocycles. The number of hydrogen-bond donors (Lipinski definition) is 1. The summed E-state index contributed by atoms with van der Waals surface area (Å²) in [5.41, 5.74) is 4.15. The molecule has 112 valence electrons. The molecule has 1 unspecified atom stereocenters. The fourth-order valence-corrected chi connectivity index (χ4v) is 3.19. The van der Waals surface area contributed by atoms with Gasteiger partial charge in [0.1, 0.15) is 5.82 Å². The summed E-state index contributed by atoms with van der Waals surface area (Å²) in [6.07, 6.45) is 0. The van der Waals surface area contributed by atoms with E-state index in [4.69, 9.17) is 11.6 Å². The molecule has 0 aliphatic rings. The van der Waals surface area contributed by atoms with Crippen molar-refractivity contribution in [3.05, 3.63) is 67.9 Å². The number of aryl methyl sites for hydroxylation is 2. The third kappa shape index (κ3) is 3.85. The first-order valence-corrected chi connectivity index (χ1v) is 8.05. The molecule has 1 atom stereocenters. The molecule has 0 saturated carbocycles. The Kier molecular flexibility index (Phi) is 5.42. The van der Waals surface area contributed by atoms with Crippen LogP contribution in [0, 0.1) is 19.7 Å². The summed E-state index contributed by atoms with van der Waals surface area (Å²) >= 11 is 9.76. The molecule has 0 aliphatic carbocycles. The largest absolute Gasteiger partial charge is 0.306 e. The molecule has 0 fully saturated rings. The minimum atomic E-state index is -0.262. The van der Waals surface area contributed by atoms with Gasteiger partial charge in [-0.2, -0.15) is 0 Å². The number of rotatable bonds is 4. The zero-order valence-corrected chi connectivity index (χ0v) is 14.6. The highest BCUT2D eigenvalue weighted by Gasteiger charge is 2.18. The lowest BCUT2D eigenvalue weighted by Crippen LogP contribution is -2.22. The van der Waals surface area contributed by atoms with E-state index in [1.165, 1.54) is 11.6 Å². The van der Waals surface area contributed by atoms with E-state index in [1.807, 2.05) is 26.0 Å². The molecule has 4 heteroatoms. The minimum absolute atomic E-state index is 0.131. The summed E-state index contributed by atoms with van der Waals surface area (Å²) in [6, 6.07) is 8.82. The smallest absolute Gasteiger partial charge is 0.124 e. The van der Waals surface area contributed by atoms with E-state index in [-0.39, 0.29) is 11.9 Å². The molecule has 0 bridgehead atoms. The second-order valence-electron chi connectivity index (χ2n) is 5.15. The summed E-state index contributed by atoms with van der Waals surface area (Å²) in [7, 11) is 0. The van der Waals surface area contributed by atoms with Crippen LogP contribution < -0.4 is 5.32 Å². The first-order chi connectivity index (χ1) is 9.92. The monoisotopic (exact) mass is 369 g/mol. The van der Waals surface area contributed by atoms with E-state index in [0.29, 0.717) is 5.02 Å². The Labute approximate surface area is 138 Å². The van der Waals surface area contributed by atoms with E-state index < -0.39 is 0 Å². The van der Waals surface area contributed by atoms with Gasteiger partial charge in [-0.05, 0) is 66.9 Å². The lowest BCUT2D eigenvalue weighted by molar-refractivity contribution is 0.602. The SMILES string of the molecule is CCNC(c1cc(F)cc(Br)c1)c1cc(C)c(C)cc1Cl. The van der Waals surface area contributed by atoms with Gasteiger partial charge in [0, 0.05) is 9.50 Å². The van der Waals surface area contributed by atoms with Gasteiger partial charge >= 0.3 is 0 Å². The Morgan fingerprint density at radius 3 is 2.43 bits per heavy atom. The fraction of sp³-hybridized carbons (Fsp3) is 0.294. The highest BCUT2D eigenvalue weighted by molar-refractivity contribution is 9.10. The normalized spacial score (nSPS) is 12.5. The van der Waals surface area contributed by atoms with Crippen molar-refractivity contribution in [3.8, 4) is 0 Å². The lowest BCUT2D eigenvalue weighted by Gasteiger charge is -2.22. The summed E-state index contributed by atoms with van der Waals surface area (Å²) in [5.74, 6) is -0.262. The Hall–Kier alpha value is -0.900. The van der Waals surface area contributed by atoms with Crippen LogP contribution >= 0.6 is 27.5 Å². The molecule has 0 saturated heterocycles. The minimum Gasteiger partial charge on any atom is -0.306 e. The number of halogens is 3. The maximum atomic E-state index is 13.7. The first-order valence-electron chi connectivity index (χ1n) is 6.88. The Morgan fingerprint density at radius 2 is 1.81 bits per heavy atom. The van der Waals surface area contributed by atoms with Gasteiger partial charge in [0.25, 0.3) is 0 Å². The molecular weight excluding hydrogens is 353 g/mol. The van der Waals surface area contributed by atoms with Crippen LogP contribution in [0.5, 0.6) is 0 Å². The van der Waals surface area contributed by atoms with Crippen LogP contribution in [0.3, 0.4) is 0 Å². The van der Waals surface area contributed by atoms with Gasteiger partial charge in [-0.15, -0.1) is 0 Å². The van der Waals surface area contributed by atoms with Crippen LogP contribution in [0.1, 0.15) is 35.2 Å². The van der Waals surface area contributed by atoms with Crippen molar-refractivity contribution < 1.29 is 4.39 Å². The quantitative estimate of drug-likeness (QED) is 0.743. The zero-order chi connectivity index (χ0) is 15.6. The molecule has 0 radical (unpaired) electrons. The van der Waals surface area contributed by atoms with E-state index in [9.17, 15) is 4.39 Å². The molecule has 2 rings (SSSR count). The number of hydrogen-bond acceptors (Lipinski definition) is 1. The van der Waals surface area contributed by atoms with Gasteiger partial charge in [-0.25, -0.2) is 4.39 Å². The van der Waals surface area contributed by atoms with Crippen molar-refractivity contribution in [2.24, 2.45) is 0 Å². The molecular formula is C17H18BrClFN.